The van der Waals surface area contributed by atoms with Gasteiger partial charge in [0.25, 0.3) is 5.89 Å². The fraction of sp³-hybridized carbons (Fsp3) is 0. The average Bonchev–Trinajstić information content (AvgIpc) is 2.93. The van der Waals surface area contributed by atoms with Crippen LogP contribution in [0.3, 0.4) is 0 Å². The molecule has 0 saturated heterocycles. The molecule has 0 radical (unpaired) electrons. The maximum atomic E-state index is 5.67. The summed E-state index contributed by atoms with van der Waals surface area (Å²) in [5.74, 6) is 1.27. The van der Waals surface area contributed by atoms with Gasteiger partial charge in [-0.25, -0.2) is 9.97 Å². The number of nitrogen functional groups attached to an aromatic ring is 1. The zero-order chi connectivity index (χ0) is 13.1. The van der Waals surface area contributed by atoms with Crippen LogP contribution in [0.25, 0.3) is 11.6 Å². The summed E-state index contributed by atoms with van der Waals surface area (Å²) in [6.07, 6.45) is 2.59. The highest BCUT2D eigenvalue weighted by molar-refractivity contribution is 5.48. The van der Waals surface area contributed by atoms with E-state index in [1.54, 1.807) is 30.3 Å². The highest BCUT2D eigenvalue weighted by atomic mass is 16.5. The smallest absolute Gasteiger partial charge is 0.266 e. The van der Waals surface area contributed by atoms with E-state index in [0.29, 0.717) is 28.9 Å². The summed E-state index contributed by atoms with van der Waals surface area (Å²) < 4.78 is 10.6. The minimum atomic E-state index is 0.305. The molecule has 0 atom stereocenters. The van der Waals surface area contributed by atoms with Crippen molar-refractivity contribution in [2.45, 2.75) is 0 Å². The predicted molar refractivity (Wildman–Crippen MR) is 66.3 cm³/mol. The molecular formula is C12H9N5O2. The molecule has 7 heteroatoms. The van der Waals surface area contributed by atoms with Gasteiger partial charge in [0.05, 0.1) is 0 Å². The summed E-state index contributed by atoms with van der Waals surface area (Å²) in [5, 5.41) is 7.36. The van der Waals surface area contributed by atoms with Crippen LogP contribution < -0.4 is 10.5 Å². The molecule has 1 aromatic carbocycles. The van der Waals surface area contributed by atoms with Gasteiger partial charge in [-0.05, 0) is 12.1 Å². The first-order valence-corrected chi connectivity index (χ1v) is 5.43. The van der Waals surface area contributed by atoms with Gasteiger partial charge in [-0.15, -0.1) is 10.2 Å². The Morgan fingerprint density at radius 3 is 2.89 bits per heavy atom. The number of hydrogen-bond donors (Lipinski definition) is 1. The molecule has 3 rings (SSSR count). The molecule has 0 aliphatic heterocycles. The first kappa shape index (κ1) is 11.1. The minimum absolute atomic E-state index is 0.305. The second kappa shape index (κ2) is 4.73. The molecule has 0 bridgehead atoms. The van der Waals surface area contributed by atoms with Crippen LogP contribution in [-0.2, 0) is 0 Å². The van der Waals surface area contributed by atoms with Crippen molar-refractivity contribution in [3.8, 4) is 23.2 Å². The lowest BCUT2D eigenvalue weighted by atomic mass is 10.3. The maximum absolute atomic E-state index is 5.67. The van der Waals surface area contributed by atoms with Crippen molar-refractivity contribution in [1.29, 1.82) is 0 Å². The summed E-state index contributed by atoms with van der Waals surface area (Å²) in [6.45, 7) is 0. The largest absolute Gasteiger partial charge is 0.439 e. The number of nitrogens with zero attached hydrogens (tertiary/aromatic N) is 4. The van der Waals surface area contributed by atoms with E-state index in [2.05, 4.69) is 20.2 Å². The summed E-state index contributed by atoms with van der Waals surface area (Å²) in [5.41, 5.74) is 6.78. The Kier molecular flexibility index (Phi) is 2.77. The lowest BCUT2D eigenvalue weighted by Gasteiger charge is -2.05. The average molecular weight is 255 g/mol. The number of ether oxygens (including phenoxy) is 1. The SMILES string of the molecule is Nc1cccc(Oc2cc(-c3nnco3)ncn2)c1. The molecule has 19 heavy (non-hydrogen) atoms. The maximum Gasteiger partial charge on any atom is 0.266 e. The molecule has 0 unspecified atom stereocenters. The Balaban J connectivity index is 1.88. The van der Waals surface area contributed by atoms with Gasteiger partial charge in [-0.3, -0.25) is 0 Å². The molecule has 2 aromatic heterocycles. The molecule has 0 aliphatic carbocycles. The summed E-state index contributed by atoms with van der Waals surface area (Å²) in [7, 11) is 0. The van der Waals surface area contributed by atoms with E-state index >= 15 is 0 Å². The van der Waals surface area contributed by atoms with Crippen molar-refractivity contribution in [2.75, 3.05) is 5.73 Å². The van der Waals surface area contributed by atoms with Gasteiger partial charge < -0.3 is 14.9 Å². The van der Waals surface area contributed by atoms with Crippen molar-refractivity contribution in [3.05, 3.63) is 43.1 Å². The Bertz CT molecular complexity index is 684. The fourth-order valence-electron chi connectivity index (χ4n) is 1.50. The third kappa shape index (κ3) is 2.49. The van der Waals surface area contributed by atoms with Gasteiger partial charge in [0.1, 0.15) is 17.8 Å². The van der Waals surface area contributed by atoms with Gasteiger partial charge >= 0.3 is 0 Å². The van der Waals surface area contributed by atoms with Crippen molar-refractivity contribution in [3.63, 3.8) is 0 Å². The van der Waals surface area contributed by atoms with Crippen molar-refractivity contribution < 1.29 is 9.15 Å². The number of nitrogens with two attached hydrogens (primary N) is 1. The Hall–Kier alpha value is -2.96. The third-order valence-corrected chi connectivity index (χ3v) is 2.30. The second-order valence-electron chi connectivity index (χ2n) is 3.66. The summed E-state index contributed by atoms with van der Waals surface area (Å²) >= 11 is 0. The van der Waals surface area contributed by atoms with Crippen molar-refractivity contribution in [2.24, 2.45) is 0 Å². The molecule has 0 saturated carbocycles. The van der Waals surface area contributed by atoms with Crippen LogP contribution in [0.4, 0.5) is 5.69 Å². The van der Waals surface area contributed by atoms with E-state index in [-0.39, 0.29) is 0 Å². The monoisotopic (exact) mass is 255 g/mol. The highest BCUT2D eigenvalue weighted by Gasteiger charge is 2.08. The van der Waals surface area contributed by atoms with Crippen LogP contribution in [0.15, 0.2) is 47.5 Å². The zero-order valence-corrected chi connectivity index (χ0v) is 9.72. The first-order valence-electron chi connectivity index (χ1n) is 5.43. The normalized spacial score (nSPS) is 10.3. The Morgan fingerprint density at radius 2 is 2.11 bits per heavy atom. The number of rotatable bonds is 3. The molecule has 2 N–H and O–H groups in total. The predicted octanol–water partition coefficient (Wildman–Crippen LogP) is 1.90. The number of aromatic nitrogens is 4. The lowest BCUT2D eigenvalue weighted by molar-refractivity contribution is 0.461. The van der Waals surface area contributed by atoms with E-state index in [4.69, 9.17) is 14.9 Å². The van der Waals surface area contributed by atoms with E-state index in [9.17, 15) is 0 Å². The minimum Gasteiger partial charge on any atom is -0.439 e. The van der Waals surface area contributed by atoms with Crippen LogP contribution in [0.2, 0.25) is 0 Å². The molecule has 94 valence electrons. The molecule has 2 heterocycles. The molecule has 7 nitrogen and oxygen atoms in total. The molecule has 0 aliphatic rings. The van der Waals surface area contributed by atoms with Crippen LogP contribution in [0.1, 0.15) is 0 Å². The summed E-state index contributed by atoms with van der Waals surface area (Å²) in [6, 6.07) is 8.66. The van der Waals surface area contributed by atoms with E-state index < -0.39 is 0 Å². The van der Waals surface area contributed by atoms with Crippen LogP contribution in [0, 0.1) is 0 Å². The first-order chi connectivity index (χ1) is 9.31. The van der Waals surface area contributed by atoms with E-state index in [1.165, 1.54) is 12.7 Å². The third-order valence-electron chi connectivity index (χ3n) is 2.30. The van der Waals surface area contributed by atoms with Gasteiger partial charge in [-0.2, -0.15) is 0 Å². The van der Waals surface area contributed by atoms with E-state index in [1.807, 2.05) is 0 Å². The quantitative estimate of drug-likeness (QED) is 0.713. The Labute approximate surface area is 108 Å². The van der Waals surface area contributed by atoms with Crippen LogP contribution in [0.5, 0.6) is 11.6 Å². The van der Waals surface area contributed by atoms with Gasteiger partial charge in [0.15, 0.2) is 0 Å². The van der Waals surface area contributed by atoms with Gasteiger partial charge in [0, 0.05) is 17.8 Å². The highest BCUT2D eigenvalue weighted by Crippen LogP contribution is 2.23. The number of anilines is 1. The topological polar surface area (TPSA) is 100.0 Å². The van der Waals surface area contributed by atoms with Crippen molar-refractivity contribution >= 4 is 5.69 Å². The summed E-state index contributed by atoms with van der Waals surface area (Å²) in [4.78, 5) is 8.04. The molecular weight excluding hydrogens is 246 g/mol. The van der Waals surface area contributed by atoms with Gasteiger partial charge in [0.2, 0.25) is 12.3 Å². The number of benzene rings is 1. The molecule has 0 spiro atoms. The van der Waals surface area contributed by atoms with Crippen LogP contribution in [-0.4, -0.2) is 20.2 Å². The Morgan fingerprint density at radius 1 is 1.16 bits per heavy atom. The molecule has 0 fully saturated rings. The standard InChI is InChI=1S/C12H9N5O2/c13-8-2-1-3-9(4-8)19-11-5-10(14-6-15-11)12-17-16-7-18-12/h1-7H,13H2. The van der Waals surface area contributed by atoms with Crippen LogP contribution >= 0.6 is 0 Å². The lowest BCUT2D eigenvalue weighted by Crippen LogP contribution is -1.92. The van der Waals surface area contributed by atoms with Crippen molar-refractivity contribution in [1.82, 2.24) is 20.2 Å². The number of hydrogen-bond acceptors (Lipinski definition) is 7. The second-order valence-corrected chi connectivity index (χ2v) is 3.66. The van der Waals surface area contributed by atoms with Gasteiger partial charge in [-0.1, -0.05) is 6.07 Å². The molecule has 0 amide bonds. The molecule has 3 aromatic rings. The van der Waals surface area contributed by atoms with E-state index in [0.717, 1.165) is 0 Å². The zero-order valence-electron chi connectivity index (χ0n) is 9.72. The fourth-order valence-corrected chi connectivity index (χ4v) is 1.50.